The molecule has 3 aromatic heterocycles. The van der Waals surface area contributed by atoms with Crippen LogP contribution in [-0.2, 0) is 13.0 Å². The van der Waals surface area contributed by atoms with Gasteiger partial charge in [-0.2, -0.15) is 4.98 Å². The van der Waals surface area contributed by atoms with Gasteiger partial charge in [0.2, 0.25) is 5.95 Å². The van der Waals surface area contributed by atoms with E-state index in [0.717, 1.165) is 57.4 Å². The molecule has 41 heavy (non-hydrogen) atoms. The van der Waals surface area contributed by atoms with Gasteiger partial charge in [0, 0.05) is 43.5 Å². The number of allylic oxidation sites excluding steroid dienone is 1. The number of rotatable bonds is 6. The Kier molecular flexibility index (Phi) is 6.16. The van der Waals surface area contributed by atoms with Gasteiger partial charge in [0.05, 0.1) is 17.9 Å². The highest BCUT2D eigenvalue weighted by Gasteiger charge is 2.52. The molecule has 0 bridgehead atoms. The monoisotopic (exact) mass is 556 g/mol. The van der Waals surface area contributed by atoms with E-state index in [2.05, 4.69) is 38.7 Å². The van der Waals surface area contributed by atoms with E-state index < -0.39 is 6.10 Å². The van der Waals surface area contributed by atoms with Crippen molar-refractivity contribution < 1.29 is 9.50 Å². The van der Waals surface area contributed by atoms with Crippen molar-refractivity contribution in [3.8, 4) is 5.82 Å². The van der Waals surface area contributed by atoms with Crippen LogP contribution in [0.15, 0.2) is 54.0 Å². The molecule has 10 nitrogen and oxygen atoms in total. The summed E-state index contributed by atoms with van der Waals surface area (Å²) in [5.74, 6) is 0.394. The molecule has 1 saturated heterocycles. The average Bonchev–Trinajstić information content (AvgIpc) is 3.71. The number of nitrogens with one attached hydrogen (secondary N) is 1. The maximum absolute atomic E-state index is 15.1. The van der Waals surface area contributed by atoms with E-state index in [0.29, 0.717) is 33.9 Å². The quantitative estimate of drug-likeness (QED) is 0.348. The molecule has 2 fully saturated rings. The summed E-state index contributed by atoms with van der Waals surface area (Å²) < 4.78 is 18.3. The average molecular weight is 557 g/mol. The molecule has 1 unspecified atom stereocenters. The van der Waals surface area contributed by atoms with Gasteiger partial charge in [0.1, 0.15) is 17.3 Å². The third-order valence-corrected chi connectivity index (χ3v) is 8.86. The Morgan fingerprint density at radius 1 is 1.15 bits per heavy atom. The molecule has 3 aliphatic rings. The van der Waals surface area contributed by atoms with Crippen molar-refractivity contribution in [1.82, 2.24) is 29.2 Å². The van der Waals surface area contributed by atoms with Crippen molar-refractivity contribution in [2.45, 2.75) is 38.3 Å². The third-order valence-electron chi connectivity index (χ3n) is 8.86. The van der Waals surface area contributed by atoms with Gasteiger partial charge < -0.3 is 20.2 Å². The first-order valence-corrected chi connectivity index (χ1v) is 14.1. The molecule has 2 N–H and O–H groups in total. The lowest BCUT2D eigenvalue weighted by atomic mass is 9.82. The predicted molar refractivity (Wildman–Crippen MR) is 155 cm³/mol. The number of likely N-dealkylation sites (N-methyl/N-ethyl adjacent to an activating group) is 1. The summed E-state index contributed by atoms with van der Waals surface area (Å²) in [5.41, 5.74) is 2.82. The molecule has 7 rings (SSSR count). The molecule has 1 saturated carbocycles. The van der Waals surface area contributed by atoms with E-state index in [1.807, 2.05) is 12.1 Å². The van der Waals surface area contributed by atoms with Crippen LogP contribution in [0, 0.1) is 11.2 Å². The first kappa shape index (κ1) is 25.8. The number of piperazine rings is 1. The maximum atomic E-state index is 15.1. The standard InChI is InChI=1S/C30H33FN8O2/c1-3-12-38-28(41)21-18-32-29(33-20-5-6-23(22(31)17-20)37-15-13-36(2)14-16-37)35-27(21)39(38)24-7-4-19-8-9-30(10-11-30)26(40)25(19)34-24/h3-7,17-18,26,40H,1,8-16H2,2H3,(H,32,33,35). The summed E-state index contributed by atoms with van der Waals surface area (Å²) in [6.07, 6.45) is 6.35. The largest absolute Gasteiger partial charge is 0.386 e. The zero-order valence-corrected chi connectivity index (χ0v) is 23.1. The van der Waals surface area contributed by atoms with Crippen LogP contribution in [0.5, 0.6) is 0 Å². The fourth-order valence-corrected chi connectivity index (χ4v) is 6.18. The Morgan fingerprint density at radius 2 is 1.95 bits per heavy atom. The number of hydrogen-bond donors (Lipinski definition) is 2. The summed E-state index contributed by atoms with van der Waals surface area (Å²) in [4.78, 5) is 31.5. The van der Waals surface area contributed by atoms with Gasteiger partial charge in [-0.3, -0.25) is 4.79 Å². The third kappa shape index (κ3) is 4.40. The van der Waals surface area contributed by atoms with Gasteiger partial charge in [0.15, 0.2) is 11.5 Å². The minimum Gasteiger partial charge on any atom is -0.386 e. The van der Waals surface area contributed by atoms with E-state index in [9.17, 15) is 9.90 Å². The number of pyridine rings is 1. The van der Waals surface area contributed by atoms with Gasteiger partial charge in [-0.15, -0.1) is 6.58 Å². The number of aliphatic hydroxyl groups excluding tert-OH is 1. The van der Waals surface area contributed by atoms with Crippen LogP contribution in [0.25, 0.3) is 16.9 Å². The van der Waals surface area contributed by atoms with Gasteiger partial charge in [0.25, 0.3) is 5.56 Å². The van der Waals surface area contributed by atoms with Gasteiger partial charge >= 0.3 is 0 Å². The Hall–Kier alpha value is -4.09. The van der Waals surface area contributed by atoms with Crippen LogP contribution in [0.1, 0.15) is 36.6 Å². The van der Waals surface area contributed by atoms with Crippen LogP contribution >= 0.6 is 0 Å². The highest BCUT2D eigenvalue weighted by molar-refractivity contribution is 5.77. The van der Waals surface area contributed by atoms with Crippen LogP contribution in [0.4, 0.5) is 21.7 Å². The number of aromatic nitrogens is 5. The molecule has 1 spiro atoms. The summed E-state index contributed by atoms with van der Waals surface area (Å²) in [5, 5.41) is 14.6. The lowest BCUT2D eigenvalue weighted by molar-refractivity contribution is 0.0734. The molecule has 4 heterocycles. The number of hydrogen-bond acceptors (Lipinski definition) is 8. The molecule has 1 aliphatic heterocycles. The molecule has 1 atom stereocenters. The van der Waals surface area contributed by atoms with E-state index in [1.54, 1.807) is 22.9 Å². The van der Waals surface area contributed by atoms with Crippen LogP contribution in [0.2, 0.25) is 0 Å². The van der Waals surface area contributed by atoms with Gasteiger partial charge in [-0.05, 0) is 62.6 Å². The van der Waals surface area contributed by atoms with Gasteiger partial charge in [-0.1, -0.05) is 12.1 Å². The molecule has 0 radical (unpaired) electrons. The number of aryl methyl sites for hydroxylation is 1. The Morgan fingerprint density at radius 3 is 2.68 bits per heavy atom. The summed E-state index contributed by atoms with van der Waals surface area (Å²) >= 11 is 0. The molecule has 212 valence electrons. The SMILES string of the molecule is C=CCn1c(=O)c2cnc(Nc3ccc(N4CCN(C)CC4)c(F)c3)nc2n1-c1ccc2c(n1)C(O)C1(CC2)CC1. The van der Waals surface area contributed by atoms with Crippen molar-refractivity contribution in [3.05, 3.63) is 76.6 Å². The zero-order chi connectivity index (χ0) is 28.3. The van der Waals surface area contributed by atoms with Gasteiger partial charge in [-0.25, -0.2) is 23.7 Å². The smallest absolute Gasteiger partial charge is 0.278 e. The number of anilines is 3. The molecular formula is C30H33FN8O2. The lowest BCUT2D eigenvalue weighted by Crippen LogP contribution is -2.44. The van der Waals surface area contributed by atoms with Crippen molar-refractivity contribution >= 4 is 28.4 Å². The summed E-state index contributed by atoms with van der Waals surface area (Å²) in [6, 6.07) is 8.86. The fourth-order valence-electron chi connectivity index (χ4n) is 6.18. The number of nitrogens with zero attached hydrogens (tertiary/aromatic N) is 7. The second kappa shape index (κ2) is 9.78. The van der Waals surface area contributed by atoms with Crippen LogP contribution in [0.3, 0.4) is 0 Å². The highest BCUT2D eigenvalue weighted by atomic mass is 19.1. The zero-order valence-electron chi connectivity index (χ0n) is 23.1. The van der Waals surface area contributed by atoms with E-state index in [4.69, 9.17) is 4.98 Å². The first-order chi connectivity index (χ1) is 19.9. The number of benzene rings is 1. The van der Waals surface area contributed by atoms with Crippen molar-refractivity contribution in [1.29, 1.82) is 0 Å². The number of fused-ring (bicyclic) bond motifs is 2. The van der Waals surface area contributed by atoms with Crippen LogP contribution in [-0.4, -0.2) is 67.5 Å². The van der Waals surface area contributed by atoms with Crippen molar-refractivity contribution in [2.75, 3.05) is 43.4 Å². The molecule has 11 heteroatoms. The summed E-state index contributed by atoms with van der Waals surface area (Å²) in [6.45, 7) is 7.37. The molecule has 2 aliphatic carbocycles. The summed E-state index contributed by atoms with van der Waals surface area (Å²) in [7, 11) is 2.07. The fraction of sp³-hybridized carbons (Fsp3) is 0.400. The van der Waals surface area contributed by atoms with E-state index in [-0.39, 0.29) is 29.3 Å². The molecule has 1 aromatic carbocycles. The number of aliphatic hydroxyl groups is 1. The minimum absolute atomic E-state index is 0.0629. The van der Waals surface area contributed by atoms with Crippen LogP contribution < -0.4 is 15.8 Å². The molecule has 0 amide bonds. The maximum Gasteiger partial charge on any atom is 0.278 e. The Balaban J connectivity index is 1.25. The topological polar surface area (TPSA) is 104 Å². The normalized spacial score (nSPS) is 19.9. The molecular weight excluding hydrogens is 523 g/mol. The minimum atomic E-state index is -0.622. The Bertz CT molecular complexity index is 1720. The first-order valence-electron chi connectivity index (χ1n) is 14.1. The molecule has 4 aromatic rings. The predicted octanol–water partition coefficient (Wildman–Crippen LogP) is 3.56. The number of halogens is 1. The van der Waals surface area contributed by atoms with Crippen molar-refractivity contribution in [2.24, 2.45) is 5.41 Å². The second-order valence-electron chi connectivity index (χ2n) is 11.5. The highest BCUT2D eigenvalue weighted by Crippen LogP contribution is 2.60. The second-order valence-corrected chi connectivity index (χ2v) is 11.5. The Labute approximate surface area is 236 Å². The van der Waals surface area contributed by atoms with E-state index >= 15 is 4.39 Å². The van der Waals surface area contributed by atoms with Crippen molar-refractivity contribution in [3.63, 3.8) is 0 Å². The lowest BCUT2D eigenvalue weighted by Gasteiger charge is -2.34. The van der Waals surface area contributed by atoms with E-state index in [1.165, 1.54) is 16.9 Å².